The lowest BCUT2D eigenvalue weighted by Crippen LogP contribution is -2.07. The molecular formula is C15H30N2. The van der Waals surface area contributed by atoms with E-state index < -0.39 is 0 Å². The number of allylic oxidation sites excluding steroid dienone is 2. The molecule has 0 aromatic heterocycles. The van der Waals surface area contributed by atoms with Crippen LogP contribution in [0.1, 0.15) is 41.5 Å². The summed E-state index contributed by atoms with van der Waals surface area (Å²) in [4.78, 5) is 7.89. The van der Waals surface area contributed by atoms with Crippen LogP contribution < -0.4 is 0 Å². The number of hydrogen-bond acceptors (Lipinski definition) is 2. The smallest absolute Gasteiger partial charge is 0.0875 e. The van der Waals surface area contributed by atoms with Crippen molar-refractivity contribution in [3.63, 3.8) is 0 Å². The van der Waals surface area contributed by atoms with Gasteiger partial charge in [-0.2, -0.15) is 0 Å². The van der Waals surface area contributed by atoms with Gasteiger partial charge in [-0.3, -0.25) is 9.98 Å². The molecule has 0 saturated carbocycles. The molecule has 0 heterocycles. The highest BCUT2D eigenvalue weighted by molar-refractivity contribution is 6.50. The third-order valence-corrected chi connectivity index (χ3v) is 1.12. The van der Waals surface area contributed by atoms with Gasteiger partial charge in [0.15, 0.2) is 0 Å². The number of nitrogens with zero attached hydrogens (tertiary/aromatic N) is 2. The quantitative estimate of drug-likeness (QED) is 0.609. The van der Waals surface area contributed by atoms with Crippen LogP contribution >= 0.6 is 0 Å². The molecule has 0 amide bonds. The van der Waals surface area contributed by atoms with E-state index in [0.717, 1.165) is 5.71 Å². The Morgan fingerprint density at radius 2 is 1.12 bits per heavy atom. The van der Waals surface area contributed by atoms with Gasteiger partial charge >= 0.3 is 0 Å². The molecule has 17 heavy (non-hydrogen) atoms. The van der Waals surface area contributed by atoms with Gasteiger partial charge in [-0.1, -0.05) is 61.3 Å². The van der Waals surface area contributed by atoms with Crippen LogP contribution in [0.2, 0.25) is 0 Å². The molecule has 0 unspecified atom stereocenters. The van der Waals surface area contributed by atoms with Crippen LogP contribution in [0.25, 0.3) is 0 Å². The Balaban J connectivity index is -0.000000121. The van der Waals surface area contributed by atoms with Crippen molar-refractivity contribution in [2.24, 2.45) is 9.98 Å². The van der Waals surface area contributed by atoms with Crippen molar-refractivity contribution >= 4 is 11.4 Å². The maximum absolute atomic E-state index is 3.95. The molecule has 0 aliphatic heterocycles. The van der Waals surface area contributed by atoms with Crippen molar-refractivity contribution < 1.29 is 0 Å². The van der Waals surface area contributed by atoms with Crippen molar-refractivity contribution in [1.82, 2.24) is 0 Å². The average molecular weight is 238 g/mol. The molecular weight excluding hydrogens is 208 g/mol. The zero-order chi connectivity index (χ0) is 14.7. The summed E-state index contributed by atoms with van der Waals surface area (Å²) in [6.07, 6.45) is 4.70. The molecule has 0 aliphatic rings. The maximum Gasteiger partial charge on any atom is 0.0875 e. The lowest BCUT2D eigenvalue weighted by molar-refractivity contribution is 1.45. The van der Waals surface area contributed by atoms with Gasteiger partial charge in [0.1, 0.15) is 0 Å². The van der Waals surface area contributed by atoms with Crippen molar-refractivity contribution in [3.8, 4) is 0 Å². The first-order chi connectivity index (χ1) is 8.29. The second kappa shape index (κ2) is 29.3. The Kier molecular flexibility index (Phi) is 42.5. The highest BCUT2D eigenvalue weighted by atomic mass is 14.8. The third-order valence-electron chi connectivity index (χ3n) is 1.12. The second-order valence-electron chi connectivity index (χ2n) is 1.71. The highest BCUT2D eigenvalue weighted by Crippen LogP contribution is 1.88. The summed E-state index contributed by atoms with van der Waals surface area (Å²) in [7, 11) is 1.68. The Labute approximate surface area is 109 Å². The van der Waals surface area contributed by atoms with Crippen LogP contribution in [0.15, 0.2) is 48.1 Å². The van der Waals surface area contributed by atoms with E-state index in [1.165, 1.54) is 6.20 Å². The van der Waals surface area contributed by atoms with Crippen molar-refractivity contribution in [1.29, 1.82) is 0 Å². The van der Waals surface area contributed by atoms with Crippen LogP contribution in [0.4, 0.5) is 0 Å². The highest BCUT2D eigenvalue weighted by Gasteiger charge is 1.96. The lowest BCUT2D eigenvalue weighted by atomic mass is 10.2. The van der Waals surface area contributed by atoms with E-state index in [9.17, 15) is 0 Å². The molecule has 0 aliphatic carbocycles. The first-order valence-electron chi connectivity index (χ1n) is 6.20. The fraction of sp³-hybridized carbons (Fsp3) is 0.467. The average Bonchev–Trinajstić information content (AvgIpc) is 2.45. The van der Waals surface area contributed by atoms with Gasteiger partial charge in [0.25, 0.3) is 0 Å². The topological polar surface area (TPSA) is 24.7 Å². The molecule has 0 saturated heterocycles. The predicted octanol–water partition coefficient (Wildman–Crippen LogP) is 5.09. The van der Waals surface area contributed by atoms with Gasteiger partial charge in [0.2, 0.25) is 0 Å². The van der Waals surface area contributed by atoms with Gasteiger partial charge in [0.05, 0.1) is 11.4 Å². The van der Waals surface area contributed by atoms with Crippen LogP contribution in [0.5, 0.6) is 0 Å². The molecule has 0 N–H and O–H groups in total. The molecule has 0 fully saturated rings. The maximum atomic E-state index is 3.95. The van der Waals surface area contributed by atoms with Gasteiger partial charge in [0, 0.05) is 13.2 Å². The summed E-state index contributed by atoms with van der Waals surface area (Å²) >= 11 is 0. The van der Waals surface area contributed by atoms with Crippen LogP contribution in [-0.4, -0.2) is 18.5 Å². The predicted molar refractivity (Wildman–Crippen MR) is 85.4 cm³/mol. The van der Waals surface area contributed by atoms with Crippen molar-refractivity contribution in [3.05, 3.63) is 38.1 Å². The number of rotatable bonds is 4. The minimum Gasteiger partial charge on any atom is -0.286 e. The molecule has 0 aromatic carbocycles. The van der Waals surface area contributed by atoms with E-state index in [2.05, 4.69) is 29.7 Å². The van der Waals surface area contributed by atoms with Crippen molar-refractivity contribution in [2.75, 3.05) is 7.05 Å². The largest absolute Gasteiger partial charge is 0.286 e. The first-order valence-corrected chi connectivity index (χ1v) is 6.20. The molecule has 2 heteroatoms. The minimum atomic E-state index is 0.692. The van der Waals surface area contributed by atoms with Gasteiger partial charge < -0.3 is 0 Å². The van der Waals surface area contributed by atoms with Crippen molar-refractivity contribution in [2.45, 2.75) is 41.5 Å². The van der Waals surface area contributed by atoms with Gasteiger partial charge in [-0.25, -0.2) is 0 Å². The molecule has 2 nitrogen and oxygen atoms in total. The zero-order valence-corrected chi connectivity index (χ0v) is 12.7. The summed E-state index contributed by atoms with van der Waals surface area (Å²) in [6.45, 7) is 22.7. The fourth-order valence-corrected chi connectivity index (χ4v) is 0.632. The van der Waals surface area contributed by atoms with Gasteiger partial charge in [-0.05, 0) is 12.2 Å². The summed E-state index contributed by atoms with van der Waals surface area (Å²) in [5.74, 6) is 0. The molecule has 0 atom stereocenters. The Morgan fingerprint density at radius 1 is 0.765 bits per heavy atom. The lowest BCUT2D eigenvalue weighted by Gasteiger charge is -1.96. The minimum absolute atomic E-state index is 0.692. The summed E-state index contributed by atoms with van der Waals surface area (Å²) in [5, 5.41) is 0. The van der Waals surface area contributed by atoms with E-state index in [-0.39, 0.29) is 0 Å². The monoisotopic (exact) mass is 238 g/mol. The van der Waals surface area contributed by atoms with E-state index in [1.807, 2.05) is 41.5 Å². The third kappa shape index (κ3) is 17.2. The Bertz CT molecular complexity index is 223. The summed E-state index contributed by atoms with van der Waals surface area (Å²) < 4.78 is 0. The van der Waals surface area contributed by atoms with Gasteiger partial charge in [-0.15, -0.1) is 0 Å². The van der Waals surface area contributed by atoms with Crippen LogP contribution in [-0.2, 0) is 0 Å². The second-order valence-corrected chi connectivity index (χ2v) is 1.71. The summed E-state index contributed by atoms with van der Waals surface area (Å²) in [6, 6.07) is 0. The first kappa shape index (κ1) is 24.7. The standard InChI is InChI=1S/C9H12N2.3C2H6/c1-5-8(10-4)9(6-2)11-7-3;3*1-2/h5-7H,1-3H2,4H3;3*1-2H3. The Morgan fingerprint density at radius 3 is 1.29 bits per heavy atom. The molecule has 0 aromatic rings. The molecule has 0 spiro atoms. The SMILES string of the molecule is C=CN=C(C=C)C(C=C)=NC.CC.CC.CC. The molecule has 100 valence electrons. The molecule has 0 radical (unpaired) electrons. The zero-order valence-electron chi connectivity index (χ0n) is 12.7. The molecule has 0 rings (SSSR count). The number of hydrogen-bond donors (Lipinski definition) is 0. The van der Waals surface area contributed by atoms with E-state index in [0.29, 0.717) is 5.71 Å². The van der Waals surface area contributed by atoms with Crippen LogP contribution in [0, 0.1) is 0 Å². The fourth-order valence-electron chi connectivity index (χ4n) is 0.632. The Hall–Kier alpha value is -1.44. The van der Waals surface area contributed by atoms with E-state index in [4.69, 9.17) is 0 Å². The normalized spacial score (nSPS) is 9.12. The van der Waals surface area contributed by atoms with E-state index in [1.54, 1.807) is 19.2 Å². The van der Waals surface area contributed by atoms with Crippen LogP contribution in [0.3, 0.4) is 0 Å². The molecule has 0 bridgehead atoms. The van der Waals surface area contributed by atoms with E-state index >= 15 is 0 Å². The summed E-state index contributed by atoms with van der Waals surface area (Å²) in [5.41, 5.74) is 1.41. The number of aliphatic imine (C=N–C) groups is 2.